The molecular weight excluding hydrogens is 376 g/mol. The minimum absolute atomic E-state index is 0.0514. The van der Waals surface area contributed by atoms with Crippen LogP contribution in [-0.4, -0.2) is 35.2 Å². The van der Waals surface area contributed by atoms with Gasteiger partial charge in [-0.25, -0.2) is 0 Å². The van der Waals surface area contributed by atoms with E-state index in [1.165, 1.54) is 11.8 Å². The number of hydrogen-bond donors (Lipinski definition) is 2. The summed E-state index contributed by atoms with van der Waals surface area (Å²) in [6, 6.07) is 7.69. The van der Waals surface area contributed by atoms with Crippen molar-refractivity contribution in [2.24, 2.45) is 0 Å². The van der Waals surface area contributed by atoms with E-state index in [0.717, 1.165) is 49.1 Å². The number of carbonyl (C=O) groups excluding carboxylic acids is 3. The number of carbonyl (C=O) groups is 3. The van der Waals surface area contributed by atoms with Crippen LogP contribution in [-0.2, 0) is 19.1 Å². The molecular formula is C21H28N2O4S. The lowest BCUT2D eigenvalue weighted by atomic mass is 10.1. The minimum atomic E-state index is -0.781. The highest BCUT2D eigenvalue weighted by atomic mass is 32.2. The van der Waals surface area contributed by atoms with Crippen LogP contribution in [0.2, 0.25) is 0 Å². The van der Waals surface area contributed by atoms with Gasteiger partial charge < -0.3 is 15.4 Å². The summed E-state index contributed by atoms with van der Waals surface area (Å²) in [5.74, 6) is -0.921. The third kappa shape index (κ3) is 5.50. The van der Waals surface area contributed by atoms with Crippen LogP contribution in [0.15, 0.2) is 29.2 Å². The van der Waals surface area contributed by atoms with Crippen molar-refractivity contribution in [1.82, 2.24) is 5.32 Å². The van der Waals surface area contributed by atoms with Gasteiger partial charge in [0.05, 0.1) is 17.4 Å². The first-order valence-electron chi connectivity index (χ1n) is 10.1. The van der Waals surface area contributed by atoms with Crippen molar-refractivity contribution in [2.45, 2.75) is 80.6 Å². The molecule has 1 saturated carbocycles. The quantitative estimate of drug-likeness (QED) is 0.646. The zero-order valence-corrected chi connectivity index (χ0v) is 17.1. The van der Waals surface area contributed by atoms with E-state index in [4.69, 9.17) is 4.74 Å². The summed E-state index contributed by atoms with van der Waals surface area (Å²) in [7, 11) is 0. The van der Waals surface area contributed by atoms with Gasteiger partial charge in [-0.1, -0.05) is 38.3 Å². The van der Waals surface area contributed by atoms with Gasteiger partial charge in [-0.3, -0.25) is 14.4 Å². The molecule has 1 aromatic rings. The van der Waals surface area contributed by atoms with Crippen molar-refractivity contribution in [1.29, 1.82) is 0 Å². The Morgan fingerprint density at radius 3 is 2.79 bits per heavy atom. The summed E-state index contributed by atoms with van der Waals surface area (Å²) in [5, 5.41) is 5.30. The van der Waals surface area contributed by atoms with Crippen LogP contribution >= 0.6 is 11.8 Å². The van der Waals surface area contributed by atoms with Crippen molar-refractivity contribution in [2.75, 3.05) is 5.32 Å². The van der Waals surface area contributed by atoms with Crippen molar-refractivity contribution in [3.63, 3.8) is 0 Å². The smallest absolute Gasteiger partial charge is 0.308 e. The average Bonchev–Trinajstić information content (AvgIpc) is 3.18. The molecule has 28 heavy (non-hydrogen) atoms. The molecule has 1 fully saturated rings. The van der Waals surface area contributed by atoms with Gasteiger partial charge in [-0.2, -0.15) is 0 Å². The number of benzene rings is 1. The monoisotopic (exact) mass is 404 g/mol. The lowest BCUT2D eigenvalue weighted by Gasteiger charge is -2.24. The van der Waals surface area contributed by atoms with Gasteiger partial charge in [0.2, 0.25) is 5.91 Å². The van der Waals surface area contributed by atoms with E-state index >= 15 is 0 Å². The van der Waals surface area contributed by atoms with Crippen LogP contribution in [0, 0.1) is 0 Å². The highest BCUT2D eigenvalue weighted by molar-refractivity contribution is 8.01. The highest BCUT2D eigenvalue weighted by Crippen LogP contribution is 2.36. The molecule has 1 aromatic carbocycles. The van der Waals surface area contributed by atoms with Crippen LogP contribution in [0.5, 0.6) is 0 Å². The second kappa shape index (κ2) is 9.96. The summed E-state index contributed by atoms with van der Waals surface area (Å²) in [5.41, 5.74) is 0.763. The second-order valence-corrected chi connectivity index (χ2v) is 8.65. The molecule has 0 saturated heterocycles. The van der Waals surface area contributed by atoms with Gasteiger partial charge in [0.1, 0.15) is 0 Å². The normalized spacial score (nSPS) is 20.2. The molecule has 0 unspecified atom stereocenters. The summed E-state index contributed by atoms with van der Waals surface area (Å²) >= 11 is 1.36. The van der Waals surface area contributed by atoms with Gasteiger partial charge in [0, 0.05) is 10.9 Å². The Kier molecular flexibility index (Phi) is 7.36. The van der Waals surface area contributed by atoms with E-state index in [-0.39, 0.29) is 24.3 Å². The molecule has 2 amide bonds. The van der Waals surface area contributed by atoms with E-state index < -0.39 is 17.3 Å². The SMILES string of the molecule is CCCC[C@H](OC(=O)C[C@H]1Sc2ccccc2NC1=O)C(=O)NC1CCCC1. The molecule has 152 valence electrons. The van der Waals surface area contributed by atoms with E-state index in [9.17, 15) is 14.4 Å². The Morgan fingerprint density at radius 1 is 1.29 bits per heavy atom. The van der Waals surface area contributed by atoms with Crippen molar-refractivity contribution < 1.29 is 19.1 Å². The molecule has 0 spiro atoms. The third-order valence-corrected chi connectivity index (χ3v) is 6.42. The highest BCUT2D eigenvalue weighted by Gasteiger charge is 2.32. The number of fused-ring (bicyclic) bond motifs is 1. The molecule has 6 nitrogen and oxygen atoms in total. The summed E-state index contributed by atoms with van der Waals surface area (Å²) in [4.78, 5) is 38.3. The summed E-state index contributed by atoms with van der Waals surface area (Å²) < 4.78 is 5.52. The molecule has 3 rings (SSSR count). The van der Waals surface area contributed by atoms with E-state index in [2.05, 4.69) is 10.6 Å². The van der Waals surface area contributed by atoms with Crippen molar-refractivity contribution >= 4 is 35.2 Å². The number of thioether (sulfide) groups is 1. The predicted molar refractivity (Wildman–Crippen MR) is 109 cm³/mol. The number of unbranched alkanes of at least 4 members (excludes halogenated alkanes) is 1. The maximum absolute atomic E-state index is 12.6. The Bertz CT molecular complexity index is 718. The first-order valence-corrected chi connectivity index (χ1v) is 11.0. The number of amides is 2. The van der Waals surface area contributed by atoms with Crippen LogP contribution < -0.4 is 10.6 Å². The van der Waals surface area contributed by atoms with Crippen LogP contribution in [0.3, 0.4) is 0 Å². The van der Waals surface area contributed by atoms with Gasteiger partial charge >= 0.3 is 5.97 Å². The summed E-state index contributed by atoms with van der Waals surface area (Å²) in [6.45, 7) is 2.04. The van der Waals surface area contributed by atoms with Gasteiger partial charge in [-0.05, 0) is 37.8 Å². The van der Waals surface area contributed by atoms with E-state index in [0.29, 0.717) is 6.42 Å². The zero-order chi connectivity index (χ0) is 19.9. The standard InChI is InChI=1S/C21H28N2O4S/c1-2-3-11-16(20(25)22-14-8-4-5-9-14)27-19(24)13-18-21(26)23-15-10-6-7-12-17(15)28-18/h6-7,10,12,14,16,18H,2-5,8-9,11,13H2,1H3,(H,22,25)(H,23,26)/t16-,18+/m0/s1. The predicted octanol–water partition coefficient (Wildman–Crippen LogP) is 3.65. The fourth-order valence-electron chi connectivity index (χ4n) is 3.58. The molecule has 2 atom stereocenters. The molecule has 1 aliphatic heterocycles. The van der Waals surface area contributed by atoms with Crippen LogP contribution in [0.25, 0.3) is 0 Å². The van der Waals surface area contributed by atoms with Gasteiger partial charge in [0.25, 0.3) is 5.91 Å². The molecule has 1 heterocycles. The summed E-state index contributed by atoms with van der Waals surface area (Å²) in [6.07, 6.45) is 5.62. The number of anilines is 1. The maximum atomic E-state index is 12.6. The molecule has 0 aromatic heterocycles. The number of ether oxygens (including phenoxy) is 1. The molecule has 0 bridgehead atoms. The van der Waals surface area contributed by atoms with Crippen LogP contribution in [0.1, 0.15) is 58.3 Å². The molecule has 0 radical (unpaired) electrons. The molecule has 2 N–H and O–H groups in total. The number of nitrogens with one attached hydrogen (secondary N) is 2. The van der Waals surface area contributed by atoms with Crippen LogP contribution in [0.4, 0.5) is 5.69 Å². The average molecular weight is 405 g/mol. The lowest BCUT2D eigenvalue weighted by Crippen LogP contribution is -2.42. The lowest BCUT2D eigenvalue weighted by molar-refractivity contribution is -0.157. The number of para-hydroxylation sites is 1. The molecule has 7 heteroatoms. The first-order chi connectivity index (χ1) is 13.6. The number of rotatable bonds is 8. The van der Waals surface area contributed by atoms with E-state index in [1.807, 2.05) is 31.2 Å². The van der Waals surface area contributed by atoms with Crippen molar-refractivity contribution in [3.05, 3.63) is 24.3 Å². The Labute approximate surface area is 170 Å². The largest absolute Gasteiger partial charge is 0.452 e. The molecule has 2 aliphatic rings. The second-order valence-electron chi connectivity index (χ2n) is 7.41. The zero-order valence-electron chi connectivity index (χ0n) is 16.2. The number of hydrogen-bond acceptors (Lipinski definition) is 5. The van der Waals surface area contributed by atoms with Gasteiger partial charge in [0.15, 0.2) is 6.10 Å². The minimum Gasteiger partial charge on any atom is -0.452 e. The van der Waals surface area contributed by atoms with Crippen molar-refractivity contribution in [3.8, 4) is 0 Å². The fourth-order valence-corrected chi connectivity index (χ4v) is 4.68. The third-order valence-electron chi connectivity index (χ3n) is 5.15. The molecule has 1 aliphatic carbocycles. The Hall–Kier alpha value is -2.02. The maximum Gasteiger partial charge on any atom is 0.308 e. The number of esters is 1. The van der Waals surface area contributed by atoms with Gasteiger partial charge in [-0.15, -0.1) is 11.8 Å². The Morgan fingerprint density at radius 2 is 2.04 bits per heavy atom. The topological polar surface area (TPSA) is 84.5 Å². The first kappa shape index (κ1) is 20.7. The fraction of sp³-hybridized carbons (Fsp3) is 0.571. The Balaban J connectivity index is 1.56. The van der Waals surface area contributed by atoms with E-state index in [1.54, 1.807) is 0 Å².